The van der Waals surface area contributed by atoms with Crippen LogP contribution in [-0.2, 0) is 23.9 Å². The van der Waals surface area contributed by atoms with Gasteiger partial charge in [-0.1, -0.05) is 41.9 Å². The van der Waals surface area contributed by atoms with E-state index in [1.54, 1.807) is 49.0 Å². The highest BCUT2D eigenvalue weighted by Gasteiger charge is 2.35. The second-order valence-electron chi connectivity index (χ2n) is 10.2. The Morgan fingerprint density at radius 3 is 2.41 bits per heavy atom. The Morgan fingerprint density at radius 1 is 1.05 bits per heavy atom. The van der Waals surface area contributed by atoms with E-state index in [0.29, 0.717) is 35.7 Å². The maximum absolute atomic E-state index is 14.1. The Hall–Kier alpha value is -3.57. The molecule has 0 saturated carbocycles. The number of thioether (sulfide) groups is 1. The average Bonchev–Trinajstić information content (AvgIpc) is 3.33. The number of anilines is 1. The summed E-state index contributed by atoms with van der Waals surface area (Å²) in [7, 11) is 0. The van der Waals surface area contributed by atoms with Crippen molar-refractivity contribution in [3.63, 3.8) is 0 Å². The monoisotopic (exact) mass is 643 g/mol. The molecule has 1 amide bonds. The molecule has 4 rings (SSSR count). The molecule has 44 heavy (non-hydrogen) atoms. The van der Waals surface area contributed by atoms with Gasteiger partial charge < -0.3 is 20.4 Å². The van der Waals surface area contributed by atoms with Gasteiger partial charge >= 0.3 is 6.18 Å². The summed E-state index contributed by atoms with van der Waals surface area (Å²) in [5, 5.41) is 2.74. The molecule has 0 aliphatic rings. The molecule has 6 nitrogen and oxygen atoms in total. The van der Waals surface area contributed by atoms with Gasteiger partial charge in [0.2, 0.25) is 0 Å². The predicted octanol–water partition coefficient (Wildman–Crippen LogP) is 7.73. The van der Waals surface area contributed by atoms with Crippen molar-refractivity contribution in [2.75, 3.05) is 23.9 Å². The van der Waals surface area contributed by atoms with Gasteiger partial charge in [-0.15, -0.1) is 0 Å². The van der Waals surface area contributed by atoms with Gasteiger partial charge in [-0.3, -0.25) is 9.59 Å². The topological polar surface area (TPSA) is 86.3 Å². The lowest BCUT2D eigenvalue weighted by Gasteiger charge is -2.18. The molecule has 11 heteroatoms. The predicted molar refractivity (Wildman–Crippen MR) is 170 cm³/mol. The van der Waals surface area contributed by atoms with Gasteiger partial charge in [-0.25, -0.2) is 0 Å². The highest BCUT2D eigenvalue weighted by Crippen LogP contribution is 2.37. The smallest absolute Gasteiger partial charge is 0.376 e. The first-order valence-electron chi connectivity index (χ1n) is 13.9. The zero-order valence-electron chi connectivity index (χ0n) is 24.3. The number of alkyl halides is 3. The molecule has 232 valence electrons. The molecule has 0 radical (unpaired) electrons. The van der Waals surface area contributed by atoms with Gasteiger partial charge in [0.1, 0.15) is 0 Å². The van der Waals surface area contributed by atoms with E-state index in [1.807, 2.05) is 36.6 Å². The number of Topliss-reactive ketones (excluding diaryl/α,β-unsaturated/α-hetero) is 1. The average molecular weight is 644 g/mol. The van der Waals surface area contributed by atoms with Crippen LogP contribution in [-0.4, -0.2) is 40.9 Å². The molecule has 0 bridgehead atoms. The van der Waals surface area contributed by atoms with E-state index in [-0.39, 0.29) is 35.1 Å². The molecule has 3 aromatic carbocycles. The molecular formula is C33H33ClF3N3O3S. The lowest BCUT2D eigenvalue weighted by molar-refractivity contribution is -0.137. The third-order valence-corrected chi connectivity index (χ3v) is 7.96. The second kappa shape index (κ2) is 14.9. The number of nitrogens with one attached hydrogen (secondary N) is 1. The Morgan fingerprint density at radius 2 is 1.75 bits per heavy atom. The maximum Gasteiger partial charge on any atom is 0.418 e. The maximum atomic E-state index is 14.1. The number of rotatable bonds is 13. The van der Waals surface area contributed by atoms with Crippen molar-refractivity contribution in [1.29, 1.82) is 0 Å². The van der Waals surface area contributed by atoms with Crippen LogP contribution in [0.4, 0.5) is 18.9 Å². The summed E-state index contributed by atoms with van der Waals surface area (Å²) >= 11 is 7.55. The second-order valence-corrected chi connectivity index (χ2v) is 11.6. The summed E-state index contributed by atoms with van der Waals surface area (Å²) in [5.74, 6) is 0.0696. The molecule has 0 fully saturated rings. The number of ketones is 1. The quantitative estimate of drug-likeness (QED) is 0.115. The number of amides is 1. The van der Waals surface area contributed by atoms with Gasteiger partial charge in [0.05, 0.1) is 36.1 Å². The summed E-state index contributed by atoms with van der Waals surface area (Å²) in [6.07, 6.45) is -1.94. The van der Waals surface area contributed by atoms with E-state index >= 15 is 0 Å². The third-order valence-electron chi connectivity index (χ3n) is 7.08. The third kappa shape index (κ3) is 8.32. The van der Waals surface area contributed by atoms with Crippen molar-refractivity contribution < 1.29 is 27.5 Å². The van der Waals surface area contributed by atoms with Crippen molar-refractivity contribution >= 4 is 40.7 Å². The molecule has 1 atom stereocenters. The van der Waals surface area contributed by atoms with Gasteiger partial charge in [0.25, 0.3) is 5.91 Å². The number of carbonyl (C=O) groups is 2. The lowest BCUT2D eigenvalue weighted by atomic mass is 10.0. The molecule has 0 aliphatic carbocycles. The van der Waals surface area contributed by atoms with Gasteiger partial charge in [-0.2, -0.15) is 24.9 Å². The summed E-state index contributed by atoms with van der Waals surface area (Å²) in [5.41, 5.74) is 7.75. The zero-order valence-corrected chi connectivity index (χ0v) is 25.9. The van der Waals surface area contributed by atoms with Crippen LogP contribution >= 0.6 is 23.4 Å². The number of hydrogen-bond acceptors (Lipinski definition) is 5. The minimum Gasteiger partial charge on any atom is -0.376 e. The molecule has 0 unspecified atom stereocenters. The molecule has 0 aliphatic heterocycles. The van der Waals surface area contributed by atoms with Crippen molar-refractivity contribution in [3.05, 3.63) is 118 Å². The first-order valence-corrected chi connectivity index (χ1v) is 15.7. The summed E-state index contributed by atoms with van der Waals surface area (Å²) in [6, 6.07) is 20.4. The van der Waals surface area contributed by atoms with E-state index in [1.165, 1.54) is 16.7 Å². The highest BCUT2D eigenvalue weighted by atomic mass is 35.5. The van der Waals surface area contributed by atoms with Crippen molar-refractivity contribution in [3.8, 4) is 5.69 Å². The largest absolute Gasteiger partial charge is 0.418 e. The summed E-state index contributed by atoms with van der Waals surface area (Å²) < 4.78 is 49.6. The van der Waals surface area contributed by atoms with Crippen LogP contribution in [0.25, 0.3) is 5.69 Å². The zero-order chi connectivity index (χ0) is 31.9. The van der Waals surface area contributed by atoms with E-state index in [0.717, 1.165) is 17.4 Å². The van der Waals surface area contributed by atoms with E-state index < -0.39 is 23.7 Å². The van der Waals surface area contributed by atoms with Gasteiger partial charge in [0, 0.05) is 34.1 Å². The highest BCUT2D eigenvalue weighted by molar-refractivity contribution is 7.98. The Bertz CT molecular complexity index is 1590. The first-order chi connectivity index (χ1) is 21.0. The molecule has 0 saturated heterocycles. The fraction of sp³-hybridized carbons (Fsp3) is 0.273. The van der Waals surface area contributed by atoms with Crippen LogP contribution < -0.4 is 11.1 Å². The number of carbonyl (C=O) groups excluding carboxylic acids is 2. The Labute approximate surface area is 263 Å². The van der Waals surface area contributed by atoms with Crippen LogP contribution in [0.2, 0.25) is 5.02 Å². The van der Waals surface area contributed by atoms with Crippen molar-refractivity contribution in [2.24, 2.45) is 5.73 Å². The molecular weight excluding hydrogens is 611 g/mol. The molecule has 0 spiro atoms. The van der Waals surface area contributed by atoms with E-state index in [2.05, 4.69) is 5.32 Å². The van der Waals surface area contributed by atoms with Gasteiger partial charge in [0.15, 0.2) is 5.78 Å². The fourth-order valence-electron chi connectivity index (χ4n) is 4.80. The number of aromatic nitrogens is 1. The van der Waals surface area contributed by atoms with Crippen LogP contribution in [0.3, 0.4) is 0 Å². The van der Waals surface area contributed by atoms with Gasteiger partial charge in [-0.05, 0) is 79.4 Å². The number of ether oxygens (including phenoxy) is 1. The molecule has 1 heterocycles. The molecule has 4 aromatic rings. The lowest BCUT2D eigenvalue weighted by Crippen LogP contribution is -2.31. The number of nitrogens with two attached hydrogens (primary N) is 1. The standard InChI is InChI=1S/C33H33ClF3N3O3S/c1-21-27(32(42)39-25-11-8-23(9-12-25)31(41)29(38)15-17-44-2)19-26(14-16-43-20-22-6-4-3-5-7-22)40(21)30-13-10-24(34)18-28(30)33(35,36)37/h3-13,18-19,29H,14-17,20,38H2,1-2H3,(H,39,42)/t29-/m0/s1. The van der Waals surface area contributed by atoms with Crippen molar-refractivity contribution in [1.82, 2.24) is 4.57 Å². The van der Waals surface area contributed by atoms with Crippen LogP contribution in [0.1, 0.15) is 49.7 Å². The molecule has 3 N–H and O–H groups in total. The SMILES string of the molecule is CSCC[C@H](N)C(=O)c1ccc(NC(=O)c2cc(CCOCc3ccccc3)n(-c3ccc(Cl)cc3C(F)(F)F)c2C)cc1. The number of halogens is 4. The number of nitrogens with zero attached hydrogens (tertiary/aromatic N) is 1. The fourth-order valence-corrected chi connectivity index (χ4v) is 5.46. The van der Waals surface area contributed by atoms with Crippen LogP contribution in [0.15, 0.2) is 78.9 Å². The van der Waals surface area contributed by atoms with Crippen molar-refractivity contribution in [2.45, 2.75) is 38.6 Å². The van der Waals surface area contributed by atoms with Crippen LogP contribution in [0, 0.1) is 6.92 Å². The van der Waals surface area contributed by atoms with Crippen LogP contribution in [0.5, 0.6) is 0 Å². The number of hydrogen-bond donors (Lipinski definition) is 2. The first kappa shape index (κ1) is 33.3. The Kier molecular flexibility index (Phi) is 11.3. The normalized spacial score (nSPS) is 12.2. The summed E-state index contributed by atoms with van der Waals surface area (Å²) in [6.45, 7) is 2.14. The minimum atomic E-state index is -4.68. The van der Waals surface area contributed by atoms with E-state index in [9.17, 15) is 22.8 Å². The Balaban J connectivity index is 1.60. The minimum absolute atomic E-state index is 0.0521. The molecule has 1 aromatic heterocycles. The summed E-state index contributed by atoms with van der Waals surface area (Å²) in [4.78, 5) is 26.0. The van der Waals surface area contributed by atoms with E-state index in [4.69, 9.17) is 22.1 Å². The number of benzene rings is 3.